The lowest BCUT2D eigenvalue weighted by atomic mass is 10.2. The third-order valence-electron chi connectivity index (χ3n) is 4.13. The van der Waals surface area contributed by atoms with E-state index < -0.39 is 10.0 Å². The number of hydrogen-bond acceptors (Lipinski definition) is 6. The van der Waals surface area contributed by atoms with Crippen molar-refractivity contribution >= 4 is 31.6 Å². The molecule has 0 aliphatic carbocycles. The molecule has 1 N–H and O–H groups in total. The van der Waals surface area contributed by atoms with Crippen molar-refractivity contribution in [2.75, 3.05) is 7.11 Å². The lowest BCUT2D eigenvalue weighted by Gasteiger charge is -2.15. The zero-order chi connectivity index (χ0) is 20.5. The first-order chi connectivity index (χ1) is 13.2. The lowest BCUT2D eigenvalue weighted by Crippen LogP contribution is -2.23. The summed E-state index contributed by atoms with van der Waals surface area (Å²) in [6.45, 7) is 3.94. The van der Waals surface area contributed by atoms with Gasteiger partial charge in [0, 0.05) is 13.6 Å². The second kappa shape index (κ2) is 7.94. The Hall–Kier alpha value is -2.36. The highest BCUT2D eigenvalue weighted by Crippen LogP contribution is 2.29. The third-order valence-corrected chi connectivity index (χ3v) is 6.53. The van der Waals surface area contributed by atoms with Crippen LogP contribution in [0.3, 0.4) is 0 Å². The number of nitrogens with one attached hydrogen (secondary N) is 1. The number of methoxy groups -OCH3 is 1. The molecule has 0 spiro atoms. The molecule has 3 rings (SSSR count). The van der Waals surface area contributed by atoms with Crippen LogP contribution >= 0.6 is 11.3 Å². The zero-order valence-corrected chi connectivity index (χ0v) is 17.7. The summed E-state index contributed by atoms with van der Waals surface area (Å²) in [6, 6.07) is 9.95. The minimum Gasteiger partial charge on any atom is -0.493 e. The van der Waals surface area contributed by atoms with E-state index in [1.165, 1.54) is 23.8 Å². The fourth-order valence-electron chi connectivity index (χ4n) is 2.72. The second-order valence-corrected chi connectivity index (χ2v) is 9.29. The van der Waals surface area contributed by atoms with E-state index >= 15 is 0 Å². The van der Waals surface area contributed by atoms with Crippen LogP contribution in [-0.2, 0) is 23.6 Å². The minimum absolute atomic E-state index is 0.00172. The fraction of sp³-hybridized carbons (Fsp3) is 0.316. The number of thiazole rings is 1. The van der Waals surface area contributed by atoms with Gasteiger partial charge >= 0.3 is 4.87 Å². The van der Waals surface area contributed by atoms with E-state index in [0.29, 0.717) is 21.7 Å². The molecule has 0 unspecified atom stereocenters. The van der Waals surface area contributed by atoms with Crippen molar-refractivity contribution in [1.29, 1.82) is 0 Å². The highest BCUT2D eigenvalue weighted by molar-refractivity contribution is 7.89. The van der Waals surface area contributed by atoms with E-state index in [1.54, 1.807) is 31.3 Å². The summed E-state index contributed by atoms with van der Waals surface area (Å²) in [4.78, 5) is 11.7. The molecule has 0 aliphatic rings. The Balaban J connectivity index is 1.80. The van der Waals surface area contributed by atoms with Gasteiger partial charge in [-0.25, -0.2) is 13.1 Å². The maximum Gasteiger partial charge on any atom is 0.307 e. The second-order valence-electron chi connectivity index (χ2n) is 6.53. The van der Waals surface area contributed by atoms with E-state index in [0.717, 1.165) is 16.9 Å². The van der Waals surface area contributed by atoms with Crippen molar-refractivity contribution in [3.63, 3.8) is 0 Å². The van der Waals surface area contributed by atoms with Gasteiger partial charge in [-0.2, -0.15) is 0 Å². The monoisotopic (exact) mass is 422 g/mol. The van der Waals surface area contributed by atoms with E-state index in [2.05, 4.69) is 4.72 Å². The topological polar surface area (TPSA) is 86.6 Å². The van der Waals surface area contributed by atoms with Crippen LogP contribution in [0.2, 0.25) is 0 Å². The van der Waals surface area contributed by atoms with Gasteiger partial charge in [-0.1, -0.05) is 17.4 Å². The van der Waals surface area contributed by atoms with Crippen molar-refractivity contribution in [1.82, 2.24) is 9.29 Å². The van der Waals surface area contributed by atoms with E-state index in [1.807, 2.05) is 13.8 Å². The molecule has 0 fully saturated rings. The summed E-state index contributed by atoms with van der Waals surface area (Å²) < 4.78 is 41.0. The molecule has 9 heteroatoms. The molecule has 2 aromatic carbocycles. The number of aryl methyl sites for hydroxylation is 1. The van der Waals surface area contributed by atoms with Crippen molar-refractivity contribution in [3.05, 3.63) is 51.6 Å². The highest BCUT2D eigenvalue weighted by atomic mass is 32.2. The van der Waals surface area contributed by atoms with Crippen LogP contribution in [0, 0.1) is 0 Å². The first-order valence-electron chi connectivity index (χ1n) is 8.64. The summed E-state index contributed by atoms with van der Waals surface area (Å²) in [5, 5.41) is 0. The third kappa shape index (κ3) is 4.21. The molecule has 150 valence electrons. The minimum atomic E-state index is -3.73. The number of nitrogens with zero attached hydrogens (tertiary/aromatic N) is 1. The Labute approximate surface area is 167 Å². The maximum absolute atomic E-state index is 12.7. The van der Waals surface area contributed by atoms with Crippen LogP contribution in [0.25, 0.3) is 10.2 Å². The average molecular weight is 423 g/mol. The van der Waals surface area contributed by atoms with Crippen LogP contribution in [0.5, 0.6) is 11.5 Å². The van der Waals surface area contributed by atoms with Gasteiger partial charge in [0.25, 0.3) is 0 Å². The van der Waals surface area contributed by atoms with Gasteiger partial charge in [-0.3, -0.25) is 4.79 Å². The van der Waals surface area contributed by atoms with Gasteiger partial charge in [0.15, 0.2) is 11.5 Å². The Morgan fingerprint density at radius 1 is 1.14 bits per heavy atom. The molecule has 28 heavy (non-hydrogen) atoms. The Bertz CT molecular complexity index is 1160. The molecule has 1 aromatic heterocycles. The molecule has 0 atom stereocenters. The van der Waals surface area contributed by atoms with Crippen molar-refractivity contribution < 1.29 is 17.9 Å². The molecule has 0 radical (unpaired) electrons. The molecule has 7 nitrogen and oxygen atoms in total. The van der Waals surface area contributed by atoms with Gasteiger partial charge in [0.05, 0.1) is 28.3 Å². The first kappa shape index (κ1) is 20.4. The average Bonchev–Trinajstić information content (AvgIpc) is 2.94. The standard InChI is InChI=1S/C19H22N2O5S2/c1-12(2)26-16-8-5-13(9-17(16)25-4)11-20-28(23,24)14-6-7-15-18(10-14)27-19(22)21(15)3/h5-10,12,20H,11H2,1-4H3. The van der Waals surface area contributed by atoms with Gasteiger partial charge < -0.3 is 14.0 Å². The van der Waals surface area contributed by atoms with Crippen molar-refractivity contribution in [2.24, 2.45) is 7.05 Å². The van der Waals surface area contributed by atoms with Crippen molar-refractivity contribution in [3.8, 4) is 11.5 Å². The van der Waals surface area contributed by atoms with Crippen LogP contribution in [-0.4, -0.2) is 26.2 Å². The van der Waals surface area contributed by atoms with Crippen molar-refractivity contribution in [2.45, 2.75) is 31.4 Å². The highest BCUT2D eigenvalue weighted by Gasteiger charge is 2.17. The quantitative estimate of drug-likeness (QED) is 0.633. The molecule has 0 saturated heterocycles. The van der Waals surface area contributed by atoms with Gasteiger partial charge in [0.1, 0.15) is 0 Å². The molecule has 3 aromatic rings. The van der Waals surface area contributed by atoms with Gasteiger partial charge in [0.2, 0.25) is 10.0 Å². The molecule has 1 heterocycles. The lowest BCUT2D eigenvalue weighted by molar-refractivity contribution is 0.230. The van der Waals surface area contributed by atoms with Gasteiger partial charge in [-0.15, -0.1) is 0 Å². The van der Waals surface area contributed by atoms with E-state index in [-0.39, 0.29) is 22.4 Å². The predicted molar refractivity (Wildman–Crippen MR) is 110 cm³/mol. The van der Waals surface area contributed by atoms with E-state index in [9.17, 15) is 13.2 Å². The zero-order valence-electron chi connectivity index (χ0n) is 16.1. The number of hydrogen-bond donors (Lipinski definition) is 1. The summed E-state index contributed by atoms with van der Waals surface area (Å²) >= 11 is 1.02. The molecule has 0 aliphatic heterocycles. The van der Waals surface area contributed by atoms with Crippen LogP contribution in [0.15, 0.2) is 46.1 Å². The molecule has 0 saturated carbocycles. The van der Waals surface area contributed by atoms with Gasteiger partial charge in [-0.05, 0) is 49.7 Å². The molecule has 0 amide bonds. The SMILES string of the molecule is COc1cc(CNS(=O)(=O)c2ccc3c(c2)sc(=O)n3C)ccc1OC(C)C. The molecular weight excluding hydrogens is 400 g/mol. The molecular formula is C19H22N2O5S2. The first-order valence-corrected chi connectivity index (χ1v) is 10.9. The maximum atomic E-state index is 12.7. The van der Waals surface area contributed by atoms with Crippen LogP contribution in [0.1, 0.15) is 19.4 Å². The number of sulfonamides is 1. The smallest absolute Gasteiger partial charge is 0.307 e. The van der Waals surface area contributed by atoms with Crippen LogP contribution < -0.4 is 19.1 Å². The normalized spacial score (nSPS) is 11.9. The van der Waals surface area contributed by atoms with E-state index in [4.69, 9.17) is 9.47 Å². The summed E-state index contributed by atoms with van der Waals surface area (Å²) in [5.74, 6) is 1.15. The summed E-state index contributed by atoms with van der Waals surface area (Å²) in [6.07, 6.45) is 0.00172. The number of aromatic nitrogens is 1. The number of rotatable bonds is 7. The largest absolute Gasteiger partial charge is 0.493 e. The Morgan fingerprint density at radius 2 is 1.89 bits per heavy atom. The number of benzene rings is 2. The summed E-state index contributed by atoms with van der Waals surface area (Å²) in [7, 11) is -0.530. The number of ether oxygens (including phenoxy) is 2. The summed E-state index contributed by atoms with van der Waals surface area (Å²) in [5.41, 5.74) is 1.45. The Kier molecular flexibility index (Phi) is 5.78. The fourth-order valence-corrected chi connectivity index (χ4v) is 4.75. The predicted octanol–water partition coefficient (Wildman–Crippen LogP) is 2.87. The van der Waals surface area contributed by atoms with Crippen LogP contribution in [0.4, 0.5) is 0 Å². The Morgan fingerprint density at radius 3 is 2.57 bits per heavy atom. The molecule has 0 bridgehead atoms. The number of fused-ring (bicyclic) bond motifs is 1.